The van der Waals surface area contributed by atoms with E-state index in [2.05, 4.69) is 11.1 Å². The summed E-state index contributed by atoms with van der Waals surface area (Å²) in [6, 6.07) is 15.5. The Morgan fingerprint density at radius 3 is 2.64 bits per heavy atom. The molecule has 0 radical (unpaired) electrons. The second-order valence-corrected chi connectivity index (χ2v) is 8.75. The fourth-order valence-corrected chi connectivity index (χ4v) is 4.99. The molecular weight excluding hydrogens is 436 g/mol. The summed E-state index contributed by atoms with van der Waals surface area (Å²) in [5, 5.41) is 9.95. The van der Waals surface area contributed by atoms with Crippen LogP contribution in [0, 0.1) is 18.3 Å². The summed E-state index contributed by atoms with van der Waals surface area (Å²) in [7, 11) is 1.63. The van der Waals surface area contributed by atoms with E-state index >= 15 is 0 Å². The molecule has 0 atom stereocenters. The SMILES string of the molecule is COCc1ccc(-c2ccc(N3C(=S)N(c4cc(C)cnc4C#N)C(=O)C34CCC4)cc2)o1. The lowest BCUT2D eigenvalue weighted by Crippen LogP contribution is -2.55. The number of thiocarbonyl (C=S) groups is 1. The van der Waals surface area contributed by atoms with Crippen molar-refractivity contribution in [3.63, 3.8) is 0 Å². The number of rotatable bonds is 5. The predicted octanol–water partition coefficient (Wildman–Crippen LogP) is 4.73. The van der Waals surface area contributed by atoms with E-state index in [4.69, 9.17) is 21.4 Å². The summed E-state index contributed by atoms with van der Waals surface area (Å²) in [6.45, 7) is 2.29. The zero-order valence-electron chi connectivity index (χ0n) is 18.4. The fraction of sp³-hybridized carbons (Fsp3) is 0.280. The van der Waals surface area contributed by atoms with Gasteiger partial charge in [-0.05, 0) is 86.4 Å². The first-order valence-corrected chi connectivity index (χ1v) is 11.1. The van der Waals surface area contributed by atoms with Gasteiger partial charge in [-0.2, -0.15) is 5.26 Å². The molecule has 3 heterocycles. The molecule has 2 aromatic heterocycles. The van der Waals surface area contributed by atoms with Gasteiger partial charge in [-0.25, -0.2) is 4.98 Å². The second kappa shape index (κ2) is 8.10. The normalized spacial score (nSPS) is 16.9. The first-order valence-electron chi connectivity index (χ1n) is 10.7. The maximum Gasteiger partial charge on any atom is 0.259 e. The van der Waals surface area contributed by atoms with E-state index < -0.39 is 5.54 Å². The summed E-state index contributed by atoms with van der Waals surface area (Å²) >= 11 is 5.82. The molecule has 2 fully saturated rings. The number of nitriles is 1. The highest BCUT2D eigenvalue weighted by molar-refractivity contribution is 7.81. The molecule has 166 valence electrons. The van der Waals surface area contributed by atoms with Gasteiger partial charge >= 0.3 is 0 Å². The molecule has 8 heteroatoms. The van der Waals surface area contributed by atoms with Crippen LogP contribution in [-0.4, -0.2) is 28.7 Å². The molecule has 2 aliphatic rings. The van der Waals surface area contributed by atoms with Gasteiger partial charge in [0.1, 0.15) is 29.7 Å². The number of aryl methyl sites for hydroxylation is 1. The van der Waals surface area contributed by atoms with Gasteiger partial charge in [-0.3, -0.25) is 9.69 Å². The van der Waals surface area contributed by atoms with E-state index in [-0.39, 0.29) is 11.6 Å². The van der Waals surface area contributed by atoms with Crippen LogP contribution in [0.3, 0.4) is 0 Å². The van der Waals surface area contributed by atoms with Gasteiger partial charge in [-0.1, -0.05) is 0 Å². The lowest BCUT2D eigenvalue weighted by atomic mass is 9.75. The summed E-state index contributed by atoms with van der Waals surface area (Å²) < 4.78 is 11.0. The molecule has 0 unspecified atom stereocenters. The third-order valence-electron chi connectivity index (χ3n) is 6.30. The van der Waals surface area contributed by atoms with Crippen LogP contribution >= 0.6 is 12.2 Å². The van der Waals surface area contributed by atoms with Crippen molar-refractivity contribution in [3.8, 4) is 17.4 Å². The fourth-order valence-electron chi connectivity index (χ4n) is 4.53. The van der Waals surface area contributed by atoms with Crippen LogP contribution in [0.25, 0.3) is 11.3 Å². The van der Waals surface area contributed by atoms with Gasteiger partial charge < -0.3 is 14.1 Å². The van der Waals surface area contributed by atoms with Crippen LogP contribution in [0.4, 0.5) is 11.4 Å². The van der Waals surface area contributed by atoms with Gasteiger partial charge in [0.25, 0.3) is 5.91 Å². The number of hydrogen-bond donors (Lipinski definition) is 0. The standard InChI is InChI=1S/C25H22N4O3S/c1-16-12-21(20(13-26)27-14-16)28-23(30)25(10-3-11-25)29(24(28)33)18-6-4-17(5-7-18)22-9-8-19(32-22)15-31-2/h4-9,12,14H,3,10-11,15H2,1-2H3. The molecule has 1 spiro atoms. The smallest absolute Gasteiger partial charge is 0.259 e. The minimum absolute atomic E-state index is 0.0954. The van der Waals surface area contributed by atoms with Gasteiger partial charge in [0.15, 0.2) is 10.8 Å². The number of anilines is 2. The van der Waals surface area contributed by atoms with Gasteiger partial charge in [0, 0.05) is 24.6 Å². The van der Waals surface area contributed by atoms with Crippen molar-refractivity contribution in [2.45, 2.75) is 38.3 Å². The molecule has 1 saturated heterocycles. The molecule has 1 aliphatic heterocycles. The summed E-state index contributed by atoms with van der Waals surface area (Å²) in [5.41, 5.74) is 2.53. The average molecular weight is 459 g/mol. The molecule has 1 aliphatic carbocycles. The van der Waals surface area contributed by atoms with Crippen molar-refractivity contribution in [2.75, 3.05) is 16.9 Å². The minimum Gasteiger partial charge on any atom is -0.459 e. The Labute approximate surface area is 197 Å². The highest BCUT2D eigenvalue weighted by Gasteiger charge is 2.59. The maximum absolute atomic E-state index is 13.7. The Morgan fingerprint density at radius 2 is 2.00 bits per heavy atom. The Kier molecular flexibility index (Phi) is 5.23. The van der Waals surface area contributed by atoms with E-state index in [1.165, 1.54) is 4.90 Å². The molecule has 1 aromatic carbocycles. The number of amides is 1. The van der Waals surface area contributed by atoms with E-state index in [0.717, 1.165) is 34.8 Å². The molecule has 0 N–H and O–H groups in total. The number of aromatic nitrogens is 1. The molecule has 33 heavy (non-hydrogen) atoms. The summed E-state index contributed by atoms with van der Waals surface area (Å²) in [5.74, 6) is 1.41. The van der Waals surface area contributed by atoms with Crippen molar-refractivity contribution >= 4 is 34.6 Å². The van der Waals surface area contributed by atoms with Crippen molar-refractivity contribution in [1.29, 1.82) is 5.26 Å². The molecule has 7 nitrogen and oxygen atoms in total. The van der Waals surface area contributed by atoms with E-state index in [0.29, 0.717) is 30.2 Å². The second-order valence-electron chi connectivity index (χ2n) is 8.38. The number of carbonyl (C=O) groups excluding carboxylic acids is 1. The van der Waals surface area contributed by atoms with E-state index in [1.54, 1.807) is 19.4 Å². The molecule has 0 bridgehead atoms. The van der Waals surface area contributed by atoms with Crippen LogP contribution in [0.1, 0.15) is 36.3 Å². The zero-order chi connectivity index (χ0) is 23.2. The Morgan fingerprint density at radius 1 is 1.24 bits per heavy atom. The Bertz CT molecular complexity index is 1290. The van der Waals surface area contributed by atoms with Crippen LogP contribution in [0.15, 0.2) is 53.1 Å². The van der Waals surface area contributed by atoms with Crippen LogP contribution in [0.5, 0.6) is 0 Å². The predicted molar refractivity (Wildman–Crippen MR) is 128 cm³/mol. The average Bonchev–Trinajstić information content (AvgIpc) is 3.34. The molecular formula is C25H22N4O3S. The van der Waals surface area contributed by atoms with Crippen molar-refractivity contribution in [3.05, 3.63) is 65.7 Å². The largest absolute Gasteiger partial charge is 0.459 e. The number of ether oxygens (including phenoxy) is 1. The van der Waals surface area contributed by atoms with Crippen LogP contribution in [0.2, 0.25) is 0 Å². The molecule has 1 amide bonds. The lowest BCUT2D eigenvalue weighted by Gasteiger charge is -2.43. The number of nitrogens with zero attached hydrogens (tertiary/aromatic N) is 4. The monoisotopic (exact) mass is 458 g/mol. The van der Waals surface area contributed by atoms with Crippen molar-refractivity contribution in [2.24, 2.45) is 0 Å². The van der Waals surface area contributed by atoms with Crippen LogP contribution in [-0.2, 0) is 16.1 Å². The van der Waals surface area contributed by atoms with Crippen molar-refractivity contribution in [1.82, 2.24) is 4.98 Å². The molecule has 1 saturated carbocycles. The third kappa shape index (κ3) is 3.32. The first kappa shape index (κ1) is 21.3. The quantitative estimate of drug-likeness (QED) is 0.511. The molecule has 3 aromatic rings. The summed E-state index contributed by atoms with van der Waals surface area (Å²) in [6.07, 6.45) is 3.99. The maximum atomic E-state index is 13.7. The highest BCUT2D eigenvalue weighted by atomic mass is 32.1. The number of pyridine rings is 1. The highest BCUT2D eigenvalue weighted by Crippen LogP contribution is 2.48. The number of methoxy groups -OCH3 is 1. The third-order valence-corrected chi connectivity index (χ3v) is 6.67. The molecule has 5 rings (SSSR count). The number of carbonyl (C=O) groups is 1. The topological polar surface area (TPSA) is 82.6 Å². The number of furan rings is 1. The summed E-state index contributed by atoms with van der Waals surface area (Å²) in [4.78, 5) is 21.3. The zero-order valence-corrected chi connectivity index (χ0v) is 19.2. The Balaban J connectivity index is 1.51. The van der Waals surface area contributed by atoms with Crippen molar-refractivity contribution < 1.29 is 13.9 Å². The Hall–Kier alpha value is -3.54. The van der Waals surface area contributed by atoms with E-state index in [1.807, 2.05) is 48.2 Å². The minimum atomic E-state index is -0.717. The first-order chi connectivity index (χ1) is 16.0. The number of benzene rings is 1. The van der Waals surface area contributed by atoms with E-state index in [9.17, 15) is 10.1 Å². The number of hydrogen-bond acceptors (Lipinski definition) is 6. The van der Waals surface area contributed by atoms with Gasteiger partial charge in [0.2, 0.25) is 0 Å². The lowest BCUT2D eigenvalue weighted by molar-refractivity contribution is -0.123. The van der Waals surface area contributed by atoms with Crippen LogP contribution < -0.4 is 9.80 Å². The van der Waals surface area contributed by atoms with Gasteiger partial charge in [0.05, 0.1) is 5.69 Å². The van der Waals surface area contributed by atoms with Gasteiger partial charge in [-0.15, -0.1) is 0 Å².